The van der Waals surface area contributed by atoms with Crippen molar-refractivity contribution >= 4 is 11.7 Å². The van der Waals surface area contributed by atoms with E-state index in [4.69, 9.17) is 4.74 Å². The molecule has 23 heavy (non-hydrogen) atoms. The van der Waals surface area contributed by atoms with Crippen LogP contribution < -0.4 is 15.4 Å². The molecule has 0 saturated heterocycles. The topological polar surface area (TPSA) is 70.6 Å². The third-order valence-corrected chi connectivity index (χ3v) is 4.73. The minimum Gasteiger partial charge on any atom is -0.490 e. The van der Waals surface area contributed by atoms with E-state index >= 15 is 0 Å². The molecule has 0 aromatic heterocycles. The fourth-order valence-electron chi connectivity index (χ4n) is 3.42. The van der Waals surface area contributed by atoms with Crippen molar-refractivity contribution in [2.24, 2.45) is 0 Å². The van der Waals surface area contributed by atoms with Crippen LogP contribution in [0.4, 0.5) is 10.5 Å². The number of carbonyl (C=O) groups excluding carboxylic acids is 1. The minimum absolute atomic E-state index is 0.149. The van der Waals surface area contributed by atoms with Crippen LogP contribution in [0.25, 0.3) is 0 Å². The van der Waals surface area contributed by atoms with Crippen molar-refractivity contribution in [2.45, 2.75) is 69.6 Å². The summed E-state index contributed by atoms with van der Waals surface area (Å²) < 4.78 is 5.96. The summed E-state index contributed by atoms with van der Waals surface area (Å²) in [4.78, 5) is 12.1. The number of benzene rings is 1. The number of urea groups is 1. The lowest BCUT2D eigenvalue weighted by Gasteiger charge is -2.26. The van der Waals surface area contributed by atoms with E-state index in [2.05, 4.69) is 10.6 Å². The second kappa shape index (κ2) is 7.68. The van der Waals surface area contributed by atoms with E-state index in [0.717, 1.165) is 50.0 Å². The lowest BCUT2D eigenvalue weighted by atomic mass is 9.93. The van der Waals surface area contributed by atoms with E-state index in [9.17, 15) is 9.90 Å². The molecule has 0 spiro atoms. The third-order valence-electron chi connectivity index (χ3n) is 4.73. The Balaban J connectivity index is 1.49. The van der Waals surface area contributed by atoms with Gasteiger partial charge in [0.25, 0.3) is 0 Å². The molecule has 2 fully saturated rings. The lowest BCUT2D eigenvalue weighted by Crippen LogP contribution is -2.40. The van der Waals surface area contributed by atoms with E-state index in [-0.39, 0.29) is 18.2 Å². The van der Waals surface area contributed by atoms with Crippen molar-refractivity contribution in [1.29, 1.82) is 0 Å². The van der Waals surface area contributed by atoms with Crippen molar-refractivity contribution in [3.05, 3.63) is 24.3 Å². The summed E-state index contributed by atoms with van der Waals surface area (Å²) in [5.41, 5.74) is 0.744. The highest BCUT2D eigenvalue weighted by atomic mass is 16.5. The van der Waals surface area contributed by atoms with Gasteiger partial charge < -0.3 is 20.5 Å². The van der Waals surface area contributed by atoms with Crippen molar-refractivity contribution < 1.29 is 14.6 Å². The summed E-state index contributed by atoms with van der Waals surface area (Å²) in [6.45, 7) is 0. The molecule has 2 aliphatic carbocycles. The second-order valence-electron chi connectivity index (χ2n) is 6.66. The number of carbonyl (C=O) groups is 1. The van der Waals surface area contributed by atoms with Crippen LogP contribution in [0.3, 0.4) is 0 Å². The van der Waals surface area contributed by atoms with Gasteiger partial charge in [-0.2, -0.15) is 0 Å². The number of hydrogen-bond donors (Lipinski definition) is 3. The molecule has 5 nitrogen and oxygen atoms in total. The van der Waals surface area contributed by atoms with Gasteiger partial charge in [0.15, 0.2) is 0 Å². The first-order valence-corrected chi connectivity index (χ1v) is 8.71. The van der Waals surface area contributed by atoms with E-state index in [1.165, 1.54) is 12.8 Å². The van der Waals surface area contributed by atoms with Crippen LogP contribution in [0.2, 0.25) is 0 Å². The molecule has 2 saturated carbocycles. The lowest BCUT2D eigenvalue weighted by molar-refractivity contribution is 0.118. The summed E-state index contributed by atoms with van der Waals surface area (Å²) in [6, 6.07) is 7.54. The Kier molecular flexibility index (Phi) is 5.39. The fourth-order valence-corrected chi connectivity index (χ4v) is 3.42. The molecule has 0 heterocycles. The largest absolute Gasteiger partial charge is 0.490 e. The summed E-state index contributed by atoms with van der Waals surface area (Å²) in [6.07, 6.45) is 8.00. The first-order valence-electron chi connectivity index (χ1n) is 8.71. The standard InChI is InChI=1S/C18H26N2O3/c21-15-10-8-13(9-11-15)19-18(22)20-14-4-3-7-17(12-14)23-16-5-1-2-6-16/h3-4,7,12-13,15-16,21H,1-2,5-6,8-11H2,(H2,19,20,22). The van der Waals surface area contributed by atoms with Gasteiger partial charge in [-0.05, 0) is 63.5 Å². The molecular weight excluding hydrogens is 292 g/mol. The van der Waals surface area contributed by atoms with Crippen LogP contribution in [0.1, 0.15) is 51.4 Å². The summed E-state index contributed by atoms with van der Waals surface area (Å²) >= 11 is 0. The predicted octanol–water partition coefficient (Wildman–Crippen LogP) is 3.43. The predicted molar refractivity (Wildman–Crippen MR) is 89.7 cm³/mol. The van der Waals surface area contributed by atoms with Gasteiger partial charge in [0, 0.05) is 17.8 Å². The number of rotatable bonds is 4. The van der Waals surface area contributed by atoms with Crippen molar-refractivity contribution in [2.75, 3.05) is 5.32 Å². The summed E-state index contributed by atoms with van der Waals surface area (Å²) in [5, 5.41) is 15.4. The van der Waals surface area contributed by atoms with Gasteiger partial charge in [0.1, 0.15) is 5.75 Å². The SMILES string of the molecule is O=C(Nc1cccc(OC2CCCC2)c1)NC1CCC(O)CC1. The number of ether oxygens (including phenoxy) is 1. The highest BCUT2D eigenvalue weighted by molar-refractivity contribution is 5.89. The molecule has 126 valence electrons. The molecule has 3 N–H and O–H groups in total. The van der Waals surface area contributed by atoms with Gasteiger partial charge in [0.2, 0.25) is 0 Å². The quantitative estimate of drug-likeness (QED) is 0.796. The number of aliphatic hydroxyl groups is 1. The zero-order chi connectivity index (χ0) is 16.1. The maximum atomic E-state index is 12.1. The van der Waals surface area contributed by atoms with E-state index in [0.29, 0.717) is 6.10 Å². The Morgan fingerprint density at radius 1 is 1.09 bits per heavy atom. The van der Waals surface area contributed by atoms with E-state index < -0.39 is 0 Å². The van der Waals surface area contributed by atoms with Crippen LogP contribution in [-0.4, -0.2) is 29.4 Å². The Hall–Kier alpha value is -1.75. The molecule has 0 radical (unpaired) electrons. The zero-order valence-corrected chi connectivity index (χ0v) is 13.5. The molecule has 3 rings (SSSR count). The average Bonchev–Trinajstić information content (AvgIpc) is 3.03. The summed E-state index contributed by atoms with van der Waals surface area (Å²) in [7, 11) is 0. The van der Waals surface area contributed by atoms with Gasteiger partial charge in [-0.25, -0.2) is 4.79 Å². The smallest absolute Gasteiger partial charge is 0.319 e. The summed E-state index contributed by atoms with van der Waals surface area (Å²) in [5.74, 6) is 0.815. The van der Waals surface area contributed by atoms with Crippen molar-refractivity contribution in [1.82, 2.24) is 5.32 Å². The highest BCUT2D eigenvalue weighted by Crippen LogP contribution is 2.26. The van der Waals surface area contributed by atoms with E-state index in [1.807, 2.05) is 24.3 Å². The van der Waals surface area contributed by atoms with Crippen LogP contribution in [0.5, 0.6) is 5.75 Å². The Bertz CT molecular complexity index is 521. The Morgan fingerprint density at radius 3 is 2.57 bits per heavy atom. The molecule has 1 aromatic rings. The van der Waals surface area contributed by atoms with Crippen molar-refractivity contribution in [3.8, 4) is 5.75 Å². The first kappa shape index (κ1) is 16.1. The zero-order valence-electron chi connectivity index (χ0n) is 13.5. The molecule has 5 heteroatoms. The number of nitrogens with one attached hydrogen (secondary N) is 2. The normalized spacial score (nSPS) is 25.1. The maximum Gasteiger partial charge on any atom is 0.319 e. The van der Waals surface area contributed by atoms with Crippen LogP contribution in [0.15, 0.2) is 24.3 Å². The molecule has 2 amide bonds. The number of anilines is 1. The second-order valence-corrected chi connectivity index (χ2v) is 6.66. The Morgan fingerprint density at radius 2 is 1.83 bits per heavy atom. The van der Waals surface area contributed by atoms with Gasteiger partial charge in [-0.15, -0.1) is 0 Å². The van der Waals surface area contributed by atoms with Gasteiger partial charge in [0.05, 0.1) is 12.2 Å². The monoisotopic (exact) mass is 318 g/mol. The number of hydrogen-bond acceptors (Lipinski definition) is 3. The van der Waals surface area contributed by atoms with Crippen LogP contribution in [0, 0.1) is 0 Å². The molecule has 0 bridgehead atoms. The van der Waals surface area contributed by atoms with Gasteiger partial charge >= 0.3 is 6.03 Å². The molecule has 0 aliphatic heterocycles. The average molecular weight is 318 g/mol. The molecule has 0 unspecified atom stereocenters. The Labute approximate surface area is 137 Å². The van der Waals surface area contributed by atoms with E-state index in [1.54, 1.807) is 0 Å². The minimum atomic E-state index is -0.208. The molecule has 1 aromatic carbocycles. The van der Waals surface area contributed by atoms with Crippen LogP contribution in [-0.2, 0) is 0 Å². The fraction of sp³-hybridized carbons (Fsp3) is 0.611. The van der Waals surface area contributed by atoms with Crippen LogP contribution >= 0.6 is 0 Å². The van der Waals surface area contributed by atoms with Gasteiger partial charge in [-0.1, -0.05) is 6.07 Å². The molecule has 2 aliphatic rings. The molecule has 0 atom stereocenters. The highest BCUT2D eigenvalue weighted by Gasteiger charge is 2.21. The van der Waals surface area contributed by atoms with Gasteiger partial charge in [-0.3, -0.25) is 0 Å². The first-order chi connectivity index (χ1) is 11.2. The third kappa shape index (κ3) is 4.86. The maximum absolute atomic E-state index is 12.1. The number of aliphatic hydroxyl groups excluding tert-OH is 1. The van der Waals surface area contributed by atoms with Crippen molar-refractivity contribution in [3.63, 3.8) is 0 Å². The number of amides is 2. The molecular formula is C18H26N2O3.